The summed E-state index contributed by atoms with van der Waals surface area (Å²) >= 11 is 0. The monoisotopic (exact) mass is 305 g/mol. The number of aryl methyl sites for hydroxylation is 1. The van der Waals surface area contributed by atoms with Gasteiger partial charge in [-0.25, -0.2) is 0 Å². The van der Waals surface area contributed by atoms with Crippen LogP contribution in [-0.4, -0.2) is 12.5 Å². The van der Waals surface area contributed by atoms with Crippen LogP contribution >= 0.6 is 0 Å². The normalized spacial score (nSPS) is 10.7. The van der Waals surface area contributed by atoms with Crippen LogP contribution in [0.4, 0.5) is 5.69 Å². The lowest BCUT2D eigenvalue weighted by atomic mass is 10.1. The summed E-state index contributed by atoms with van der Waals surface area (Å²) in [5.74, 6) is -0.413. The second kappa shape index (κ2) is 8.40. The van der Waals surface area contributed by atoms with Gasteiger partial charge >= 0.3 is 0 Å². The van der Waals surface area contributed by atoms with E-state index in [1.807, 2.05) is 67.6 Å². The highest BCUT2D eigenvalue weighted by Gasteiger charge is 2.08. The number of benzene rings is 2. The molecule has 0 saturated carbocycles. The van der Waals surface area contributed by atoms with Crippen molar-refractivity contribution in [2.75, 3.05) is 11.9 Å². The summed E-state index contributed by atoms with van der Waals surface area (Å²) in [6.07, 6.45) is 2.29. The highest BCUT2D eigenvalue weighted by atomic mass is 16.1. The molecule has 4 heteroatoms. The zero-order valence-electron chi connectivity index (χ0n) is 13.0. The van der Waals surface area contributed by atoms with Gasteiger partial charge in [-0.15, -0.1) is 0 Å². The molecule has 0 aromatic heterocycles. The molecule has 116 valence electrons. The van der Waals surface area contributed by atoms with Crippen molar-refractivity contribution in [1.29, 1.82) is 5.26 Å². The van der Waals surface area contributed by atoms with Gasteiger partial charge in [0.2, 0.25) is 0 Å². The Morgan fingerprint density at radius 2 is 1.83 bits per heavy atom. The van der Waals surface area contributed by atoms with Gasteiger partial charge in [-0.3, -0.25) is 4.79 Å². The second-order valence-electron chi connectivity index (χ2n) is 5.18. The standard InChI is InChI=1S/C19H19N3O/c1-15-7-9-18(10-8-15)22-19(23)17(13-20)14-21-12-11-16-5-3-2-4-6-16/h2-10,14,21H,11-12H2,1H3,(H,22,23)/b17-14-. The number of rotatable bonds is 6. The largest absolute Gasteiger partial charge is 0.389 e. The molecule has 0 fully saturated rings. The summed E-state index contributed by atoms with van der Waals surface area (Å²) in [6, 6.07) is 19.4. The van der Waals surface area contributed by atoms with E-state index in [0.29, 0.717) is 12.2 Å². The van der Waals surface area contributed by atoms with E-state index in [1.54, 1.807) is 0 Å². The summed E-state index contributed by atoms with van der Waals surface area (Å²) < 4.78 is 0. The molecular formula is C19H19N3O. The van der Waals surface area contributed by atoms with Crippen molar-refractivity contribution in [2.24, 2.45) is 0 Å². The van der Waals surface area contributed by atoms with Crippen LogP contribution in [0.3, 0.4) is 0 Å². The molecule has 0 aliphatic carbocycles. The Balaban J connectivity index is 1.86. The van der Waals surface area contributed by atoms with Crippen molar-refractivity contribution < 1.29 is 4.79 Å². The van der Waals surface area contributed by atoms with Gasteiger partial charge in [0, 0.05) is 18.4 Å². The van der Waals surface area contributed by atoms with Gasteiger partial charge in [0.25, 0.3) is 5.91 Å². The van der Waals surface area contributed by atoms with Crippen molar-refractivity contribution in [3.63, 3.8) is 0 Å². The van der Waals surface area contributed by atoms with Crippen LogP contribution in [0.25, 0.3) is 0 Å². The maximum absolute atomic E-state index is 12.1. The maximum atomic E-state index is 12.1. The molecule has 2 aromatic rings. The Morgan fingerprint density at radius 1 is 1.13 bits per heavy atom. The van der Waals surface area contributed by atoms with Crippen LogP contribution in [0.5, 0.6) is 0 Å². The highest BCUT2D eigenvalue weighted by molar-refractivity contribution is 6.06. The molecule has 4 nitrogen and oxygen atoms in total. The van der Waals surface area contributed by atoms with Crippen LogP contribution in [0.15, 0.2) is 66.4 Å². The van der Waals surface area contributed by atoms with Crippen LogP contribution in [0.2, 0.25) is 0 Å². The van der Waals surface area contributed by atoms with Crippen molar-refractivity contribution in [3.8, 4) is 6.07 Å². The van der Waals surface area contributed by atoms with Crippen molar-refractivity contribution in [1.82, 2.24) is 5.32 Å². The third-order valence-corrected chi connectivity index (χ3v) is 3.32. The molecule has 0 aliphatic rings. The van der Waals surface area contributed by atoms with Crippen molar-refractivity contribution >= 4 is 11.6 Å². The number of carbonyl (C=O) groups is 1. The highest BCUT2D eigenvalue weighted by Crippen LogP contribution is 2.09. The van der Waals surface area contributed by atoms with E-state index in [2.05, 4.69) is 10.6 Å². The average molecular weight is 305 g/mol. The van der Waals surface area contributed by atoms with Crippen LogP contribution in [0.1, 0.15) is 11.1 Å². The summed E-state index contributed by atoms with van der Waals surface area (Å²) in [7, 11) is 0. The first-order valence-electron chi connectivity index (χ1n) is 7.44. The fourth-order valence-electron chi connectivity index (χ4n) is 2.02. The van der Waals surface area contributed by atoms with Gasteiger partial charge in [0.1, 0.15) is 11.6 Å². The lowest BCUT2D eigenvalue weighted by Crippen LogP contribution is -2.18. The molecule has 0 radical (unpaired) electrons. The zero-order chi connectivity index (χ0) is 16.5. The number of nitrogens with zero attached hydrogens (tertiary/aromatic N) is 1. The second-order valence-corrected chi connectivity index (χ2v) is 5.18. The molecule has 1 amide bonds. The topological polar surface area (TPSA) is 64.9 Å². The summed E-state index contributed by atoms with van der Waals surface area (Å²) in [5, 5.41) is 14.8. The molecule has 2 rings (SSSR count). The lowest BCUT2D eigenvalue weighted by molar-refractivity contribution is -0.112. The predicted octanol–water partition coefficient (Wildman–Crippen LogP) is 3.17. The minimum absolute atomic E-state index is 0.0543. The summed E-state index contributed by atoms with van der Waals surface area (Å²) in [5.41, 5.74) is 3.04. The molecule has 0 bridgehead atoms. The van der Waals surface area contributed by atoms with Crippen LogP contribution in [-0.2, 0) is 11.2 Å². The SMILES string of the molecule is Cc1ccc(NC(=O)/C(C#N)=C\NCCc2ccccc2)cc1. The Bertz CT molecular complexity index is 713. The summed E-state index contributed by atoms with van der Waals surface area (Å²) in [6.45, 7) is 2.63. The molecule has 0 unspecified atom stereocenters. The first-order valence-corrected chi connectivity index (χ1v) is 7.44. The van der Waals surface area contributed by atoms with Crippen LogP contribution < -0.4 is 10.6 Å². The van der Waals surface area contributed by atoms with Crippen molar-refractivity contribution in [2.45, 2.75) is 13.3 Å². The van der Waals surface area contributed by atoms with Gasteiger partial charge in [-0.2, -0.15) is 5.26 Å². The van der Waals surface area contributed by atoms with Gasteiger partial charge in [0.05, 0.1) is 0 Å². The molecule has 0 saturated heterocycles. The smallest absolute Gasteiger partial charge is 0.267 e. The number of hydrogen-bond donors (Lipinski definition) is 2. The van der Waals surface area contributed by atoms with E-state index >= 15 is 0 Å². The minimum Gasteiger partial charge on any atom is -0.389 e. The third kappa shape index (κ3) is 5.33. The fourth-order valence-corrected chi connectivity index (χ4v) is 2.02. The quantitative estimate of drug-likeness (QED) is 0.489. The number of nitriles is 1. The number of nitrogens with one attached hydrogen (secondary N) is 2. The average Bonchev–Trinajstić information content (AvgIpc) is 2.58. The van der Waals surface area contributed by atoms with E-state index in [1.165, 1.54) is 11.8 Å². The van der Waals surface area contributed by atoms with E-state index < -0.39 is 5.91 Å². The first-order chi connectivity index (χ1) is 11.2. The first kappa shape index (κ1) is 16.3. The van der Waals surface area contributed by atoms with E-state index in [4.69, 9.17) is 5.26 Å². The number of anilines is 1. The van der Waals surface area contributed by atoms with Gasteiger partial charge in [0.15, 0.2) is 0 Å². The number of hydrogen-bond acceptors (Lipinski definition) is 3. The number of amides is 1. The molecule has 0 spiro atoms. The van der Waals surface area contributed by atoms with Gasteiger partial charge in [-0.1, -0.05) is 48.0 Å². The zero-order valence-corrected chi connectivity index (χ0v) is 13.0. The van der Waals surface area contributed by atoms with Crippen molar-refractivity contribution in [3.05, 3.63) is 77.5 Å². The molecule has 2 N–H and O–H groups in total. The predicted molar refractivity (Wildman–Crippen MR) is 91.7 cm³/mol. The molecule has 0 heterocycles. The molecule has 23 heavy (non-hydrogen) atoms. The maximum Gasteiger partial charge on any atom is 0.267 e. The molecule has 0 aliphatic heterocycles. The Labute approximate surface area is 136 Å². The Hall–Kier alpha value is -3.06. The molecule has 0 atom stereocenters. The van der Waals surface area contributed by atoms with E-state index in [0.717, 1.165) is 12.0 Å². The van der Waals surface area contributed by atoms with Gasteiger partial charge < -0.3 is 10.6 Å². The Kier molecular flexibility index (Phi) is 5.96. The molecule has 2 aromatic carbocycles. The van der Waals surface area contributed by atoms with E-state index in [9.17, 15) is 4.79 Å². The minimum atomic E-state index is -0.413. The van der Waals surface area contributed by atoms with Crippen LogP contribution in [0, 0.1) is 18.3 Å². The molecular weight excluding hydrogens is 286 g/mol. The van der Waals surface area contributed by atoms with E-state index in [-0.39, 0.29) is 5.57 Å². The third-order valence-electron chi connectivity index (χ3n) is 3.32. The summed E-state index contributed by atoms with van der Waals surface area (Å²) in [4.78, 5) is 12.1. The fraction of sp³-hybridized carbons (Fsp3) is 0.158. The Morgan fingerprint density at radius 3 is 2.48 bits per heavy atom. The van der Waals surface area contributed by atoms with Gasteiger partial charge in [-0.05, 0) is 31.0 Å². The lowest BCUT2D eigenvalue weighted by Gasteiger charge is -2.05. The number of carbonyl (C=O) groups excluding carboxylic acids is 1.